The molecule has 0 radical (unpaired) electrons. The molecule has 1 aliphatic carbocycles. The second kappa shape index (κ2) is 8.53. The number of nitrogens with one attached hydrogen (secondary N) is 1. The van der Waals surface area contributed by atoms with E-state index in [4.69, 9.17) is 10.2 Å². The predicted octanol–water partition coefficient (Wildman–Crippen LogP) is 3.10. The molecule has 0 spiro atoms. The minimum Gasteiger partial charge on any atom is -0.472 e. The lowest BCUT2D eigenvalue weighted by atomic mass is 10.0. The molecule has 0 aromatic carbocycles. The van der Waals surface area contributed by atoms with E-state index in [0.717, 1.165) is 29.8 Å². The van der Waals surface area contributed by atoms with Crippen LogP contribution in [0.15, 0.2) is 28.4 Å². The molecule has 0 saturated heterocycles. The van der Waals surface area contributed by atoms with Crippen molar-refractivity contribution < 1.29 is 9.21 Å². The van der Waals surface area contributed by atoms with Gasteiger partial charge in [0.1, 0.15) is 17.0 Å². The molecule has 1 fully saturated rings. The third kappa shape index (κ3) is 4.01. The number of hydrogen-bond acceptors (Lipinski definition) is 5. The molecule has 1 aliphatic rings. The first-order valence-corrected chi connectivity index (χ1v) is 7.65. The number of nitrogens with two attached hydrogens (primary N) is 1. The van der Waals surface area contributed by atoms with Gasteiger partial charge in [-0.2, -0.15) is 0 Å². The fourth-order valence-corrected chi connectivity index (χ4v) is 3.43. The van der Waals surface area contributed by atoms with Crippen molar-refractivity contribution in [1.29, 1.82) is 0 Å². The van der Waals surface area contributed by atoms with Gasteiger partial charge in [0, 0.05) is 17.0 Å². The van der Waals surface area contributed by atoms with Crippen LogP contribution in [-0.2, 0) is 0 Å². The number of carbonyl (C=O) groups excluding carboxylic acids is 1. The molecule has 2 unspecified atom stereocenters. The number of carbonyl (C=O) groups is 1. The van der Waals surface area contributed by atoms with Crippen LogP contribution in [0.4, 0.5) is 0 Å². The molecule has 122 valence electrons. The first kappa shape index (κ1) is 19.0. The van der Waals surface area contributed by atoms with Crippen LogP contribution in [0, 0.1) is 5.92 Å². The van der Waals surface area contributed by atoms with Crippen molar-refractivity contribution >= 4 is 42.1 Å². The molecule has 2 aromatic rings. The highest BCUT2D eigenvalue weighted by Gasteiger charge is 2.28. The monoisotopic (exact) mass is 363 g/mol. The van der Waals surface area contributed by atoms with Crippen molar-refractivity contribution in [3.8, 4) is 10.6 Å². The Kier molecular flexibility index (Phi) is 7.35. The third-order valence-electron chi connectivity index (χ3n) is 3.78. The van der Waals surface area contributed by atoms with Crippen molar-refractivity contribution in [2.75, 3.05) is 6.54 Å². The summed E-state index contributed by atoms with van der Waals surface area (Å²) in [7, 11) is 0. The summed E-state index contributed by atoms with van der Waals surface area (Å²) in [6, 6.07) is 2.02. The SMILES string of the molecule is Cl.Cl.NCC1CCCC1NC(=O)c1csc(-c2ccoc2)n1. The van der Waals surface area contributed by atoms with Gasteiger partial charge in [-0.25, -0.2) is 4.98 Å². The molecular weight excluding hydrogens is 345 g/mol. The summed E-state index contributed by atoms with van der Waals surface area (Å²) in [5.41, 5.74) is 7.10. The number of furan rings is 1. The normalized spacial score (nSPS) is 20.0. The molecule has 5 nitrogen and oxygen atoms in total. The zero-order valence-electron chi connectivity index (χ0n) is 11.9. The van der Waals surface area contributed by atoms with Crippen molar-refractivity contribution in [1.82, 2.24) is 10.3 Å². The Bertz CT molecular complexity index is 589. The number of thiazole rings is 1. The molecule has 2 heterocycles. The summed E-state index contributed by atoms with van der Waals surface area (Å²) in [6.07, 6.45) is 6.46. The lowest BCUT2D eigenvalue weighted by molar-refractivity contribution is 0.0924. The molecule has 0 bridgehead atoms. The molecule has 2 atom stereocenters. The molecule has 2 aromatic heterocycles. The molecule has 8 heteroatoms. The number of amides is 1. The Morgan fingerprint density at radius 2 is 2.27 bits per heavy atom. The fraction of sp³-hybridized carbons (Fsp3) is 0.429. The van der Waals surface area contributed by atoms with Crippen molar-refractivity contribution in [3.63, 3.8) is 0 Å². The first-order chi connectivity index (χ1) is 9.78. The topological polar surface area (TPSA) is 81.1 Å². The van der Waals surface area contributed by atoms with Crippen LogP contribution in [0.2, 0.25) is 0 Å². The Labute approximate surface area is 145 Å². The number of rotatable bonds is 4. The highest BCUT2D eigenvalue weighted by Crippen LogP contribution is 2.26. The second-order valence-corrected chi connectivity index (χ2v) is 5.91. The minimum absolute atomic E-state index is 0. The van der Waals surface area contributed by atoms with Gasteiger partial charge in [-0.15, -0.1) is 36.2 Å². The van der Waals surface area contributed by atoms with Gasteiger partial charge in [-0.3, -0.25) is 4.79 Å². The van der Waals surface area contributed by atoms with Crippen molar-refractivity contribution in [2.45, 2.75) is 25.3 Å². The molecule has 0 aliphatic heterocycles. The number of halogens is 2. The van der Waals surface area contributed by atoms with Crippen LogP contribution >= 0.6 is 36.2 Å². The van der Waals surface area contributed by atoms with E-state index in [1.807, 2.05) is 6.07 Å². The Morgan fingerprint density at radius 1 is 1.45 bits per heavy atom. The van der Waals surface area contributed by atoms with Crippen LogP contribution < -0.4 is 11.1 Å². The zero-order valence-corrected chi connectivity index (χ0v) is 14.3. The molecular formula is C14H19Cl2N3O2S. The van der Waals surface area contributed by atoms with Gasteiger partial charge in [0.2, 0.25) is 0 Å². The van der Waals surface area contributed by atoms with Gasteiger partial charge in [-0.1, -0.05) is 6.42 Å². The average molecular weight is 364 g/mol. The van der Waals surface area contributed by atoms with Crippen molar-refractivity contribution in [3.05, 3.63) is 29.7 Å². The smallest absolute Gasteiger partial charge is 0.271 e. The lowest BCUT2D eigenvalue weighted by Crippen LogP contribution is -2.40. The van der Waals surface area contributed by atoms with Gasteiger partial charge < -0.3 is 15.5 Å². The zero-order chi connectivity index (χ0) is 13.9. The summed E-state index contributed by atoms with van der Waals surface area (Å²) in [5.74, 6) is 0.285. The van der Waals surface area contributed by atoms with Crippen LogP contribution in [0.1, 0.15) is 29.8 Å². The van der Waals surface area contributed by atoms with E-state index in [9.17, 15) is 4.79 Å². The van der Waals surface area contributed by atoms with E-state index in [-0.39, 0.29) is 36.8 Å². The van der Waals surface area contributed by atoms with Crippen LogP contribution in [0.5, 0.6) is 0 Å². The lowest BCUT2D eigenvalue weighted by Gasteiger charge is -2.18. The summed E-state index contributed by atoms with van der Waals surface area (Å²) >= 11 is 1.44. The van der Waals surface area contributed by atoms with E-state index >= 15 is 0 Å². The number of aromatic nitrogens is 1. The molecule has 22 heavy (non-hydrogen) atoms. The second-order valence-electron chi connectivity index (χ2n) is 5.06. The first-order valence-electron chi connectivity index (χ1n) is 6.77. The van der Waals surface area contributed by atoms with Gasteiger partial charge in [0.05, 0.1) is 6.26 Å². The van der Waals surface area contributed by atoms with Crippen LogP contribution in [0.25, 0.3) is 10.6 Å². The van der Waals surface area contributed by atoms with Gasteiger partial charge in [-0.05, 0) is 31.4 Å². The molecule has 1 amide bonds. The van der Waals surface area contributed by atoms with Gasteiger partial charge in [0.25, 0.3) is 5.91 Å². The van der Waals surface area contributed by atoms with Crippen LogP contribution in [0.3, 0.4) is 0 Å². The maximum atomic E-state index is 12.2. The quantitative estimate of drug-likeness (QED) is 0.874. The number of hydrogen-bond donors (Lipinski definition) is 2. The maximum absolute atomic E-state index is 12.2. The highest BCUT2D eigenvalue weighted by atomic mass is 35.5. The average Bonchev–Trinajstić information content (AvgIpc) is 3.19. The summed E-state index contributed by atoms with van der Waals surface area (Å²) in [6.45, 7) is 0.627. The summed E-state index contributed by atoms with van der Waals surface area (Å²) in [4.78, 5) is 16.6. The van der Waals surface area contributed by atoms with E-state index in [0.29, 0.717) is 18.2 Å². The standard InChI is InChI=1S/C14H17N3O2S.2ClH/c15-6-9-2-1-3-11(9)16-13(18)12-8-20-14(17-12)10-4-5-19-7-10;;/h4-5,7-9,11H,1-3,6,15H2,(H,16,18);2*1H. The Morgan fingerprint density at radius 3 is 2.95 bits per heavy atom. The fourth-order valence-electron chi connectivity index (χ4n) is 2.65. The predicted molar refractivity (Wildman–Crippen MR) is 92.0 cm³/mol. The van der Waals surface area contributed by atoms with E-state index in [1.165, 1.54) is 11.3 Å². The molecule has 3 N–H and O–H groups in total. The Balaban J connectivity index is 0.00000121. The van der Waals surface area contributed by atoms with Gasteiger partial charge >= 0.3 is 0 Å². The largest absolute Gasteiger partial charge is 0.472 e. The molecule has 3 rings (SSSR count). The minimum atomic E-state index is -0.110. The van der Waals surface area contributed by atoms with E-state index < -0.39 is 0 Å². The van der Waals surface area contributed by atoms with Crippen molar-refractivity contribution in [2.24, 2.45) is 11.7 Å². The Hall–Kier alpha value is -1.08. The maximum Gasteiger partial charge on any atom is 0.271 e. The summed E-state index contributed by atoms with van der Waals surface area (Å²) < 4.78 is 5.03. The third-order valence-corrected chi connectivity index (χ3v) is 4.67. The molecule has 1 saturated carbocycles. The van der Waals surface area contributed by atoms with E-state index in [2.05, 4.69) is 10.3 Å². The van der Waals surface area contributed by atoms with Gasteiger partial charge in [0.15, 0.2) is 0 Å². The summed E-state index contributed by atoms with van der Waals surface area (Å²) in [5, 5.41) is 5.64. The highest BCUT2D eigenvalue weighted by molar-refractivity contribution is 7.13. The van der Waals surface area contributed by atoms with Crippen LogP contribution in [-0.4, -0.2) is 23.5 Å². The number of nitrogens with zero attached hydrogens (tertiary/aromatic N) is 1. The van der Waals surface area contributed by atoms with E-state index in [1.54, 1.807) is 17.9 Å².